The van der Waals surface area contributed by atoms with Gasteiger partial charge in [-0.3, -0.25) is 0 Å². The van der Waals surface area contributed by atoms with Crippen molar-refractivity contribution < 1.29 is 40.8 Å². The van der Waals surface area contributed by atoms with Crippen LogP contribution in [0.2, 0.25) is 0 Å². The molecule has 1 aliphatic rings. The number of methoxy groups -OCH3 is 2. The zero-order valence-electron chi connectivity index (χ0n) is 28.2. The molecule has 1 aliphatic carbocycles. The van der Waals surface area contributed by atoms with E-state index in [9.17, 15) is 5.11 Å². The van der Waals surface area contributed by atoms with Crippen molar-refractivity contribution in [1.82, 2.24) is 0 Å². The van der Waals surface area contributed by atoms with Crippen LogP contribution in [0.5, 0.6) is 11.5 Å². The van der Waals surface area contributed by atoms with Gasteiger partial charge in [-0.2, -0.15) is 76.9 Å². The number of para-hydroxylation sites is 2. The Morgan fingerprint density at radius 2 is 0.776 bits per heavy atom. The molecule has 243 valence electrons. The summed E-state index contributed by atoms with van der Waals surface area (Å²) in [6.45, 7) is 0. The average Bonchev–Trinajstić information content (AvgIpc) is 3.10. The molecule has 0 amide bonds. The zero-order valence-corrected chi connectivity index (χ0v) is 30.7. The number of aliphatic hydroxyl groups is 1. The van der Waals surface area contributed by atoms with Gasteiger partial charge in [-0.05, 0) is 47.9 Å². The van der Waals surface area contributed by atoms with Gasteiger partial charge in [0, 0.05) is 0 Å². The van der Waals surface area contributed by atoms with Crippen molar-refractivity contribution in [1.29, 1.82) is 0 Å². The average molecular weight is 721 g/mol. The van der Waals surface area contributed by atoms with E-state index < -0.39 is 0 Å². The minimum atomic E-state index is 0. The van der Waals surface area contributed by atoms with E-state index in [4.69, 9.17) is 9.47 Å². The number of aliphatic hydroxyl groups excluding tert-OH is 1. The summed E-state index contributed by atoms with van der Waals surface area (Å²) < 4.78 is 11.8. The van der Waals surface area contributed by atoms with Crippen LogP contribution in [0.1, 0.15) is 55.6 Å². The van der Waals surface area contributed by atoms with Crippen LogP contribution < -0.4 is 9.47 Å². The molecule has 0 aromatic heterocycles. The van der Waals surface area contributed by atoms with E-state index in [1.807, 2.05) is 60.7 Å². The number of ether oxygens (including phenoxy) is 2. The van der Waals surface area contributed by atoms with Gasteiger partial charge in [-0.15, -0.1) is 12.8 Å². The van der Waals surface area contributed by atoms with Crippen LogP contribution in [-0.2, 0) is 64.7 Å². The maximum absolute atomic E-state index is 9.87. The first-order valence-electron chi connectivity index (χ1n) is 16.5. The second kappa shape index (κ2) is 18.0. The molecule has 0 atom stereocenters. The van der Waals surface area contributed by atoms with Gasteiger partial charge >= 0.3 is 26.2 Å². The van der Waals surface area contributed by atoms with Crippen LogP contribution in [0.3, 0.4) is 0 Å². The molecule has 0 saturated carbocycles. The molecule has 1 N–H and O–H groups in total. The third-order valence-electron chi connectivity index (χ3n) is 8.62. The van der Waals surface area contributed by atoms with Crippen LogP contribution in [0.4, 0.5) is 0 Å². The van der Waals surface area contributed by atoms with E-state index in [1.165, 1.54) is 22.3 Å². The van der Waals surface area contributed by atoms with E-state index in [0.29, 0.717) is 18.9 Å². The van der Waals surface area contributed by atoms with Crippen LogP contribution in [0.25, 0.3) is 0 Å². The normalized spacial score (nSPS) is 11.8. The van der Waals surface area contributed by atoms with Crippen LogP contribution in [0.15, 0.2) is 133 Å². The summed E-state index contributed by atoms with van der Waals surface area (Å²) in [6, 6.07) is 53.0. The molecular weight excluding hydrogens is 680 g/mol. The van der Waals surface area contributed by atoms with Gasteiger partial charge in [0.05, 0.1) is 14.2 Å². The minimum absolute atomic E-state index is 0. The van der Waals surface area contributed by atoms with Gasteiger partial charge in [0.15, 0.2) is 0 Å². The van der Waals surface area contributed by atoms with Crippen LogP contribution in [-0.4, -0.2) is 19.3 Å². The number of fused-ring (bicyclic) bond motifs is 8. The molecule has 1 radical (unpaired) electrons. The van der Waals surface area contributed by atoms with E-state index in [0.717, 1.165) is 70.6 Å². The molecule has 0 aliphatic heterocycles. The predicted octanol–water partition coefficient (Wildman–Crippen LogP) is 9.35. The molecule has 0 heterocycles. The van der Waals surface area contributed by atoms with E-state index >= 15 is 0 Å². The standard InChI is InChI=1S/C30H26O2.C15H15O.Zr/c1-31-29-25-11-5-12-26(29)18-22-8-4-10-24(16-22)20-28-14-6-13-27(30(28)32-2)19-23-9-3-7-21(15-23)17-25;16-15(11-13-7-3-1-4-8-13)12-14-9-5-2-6-10-14;/h3-14H,17-20H2,1-2H3;1-10,16H,11-12H2;/q-2;-1;+3. The molecular formula is C45H41O3Zr. The van der Waals surface area contributed by atoms with E-state index in [1.54, 1.807) is 14.2 Å². The first kappa shape index (κ1) is 36.1. The van der Waals surface area contributed by atoms with Gasteiger partial charge in [0.2, 0.25) is 0 Å². The zero-order chi connectivity index (χ0) is 33.1. The molecule has 0 fully saturated rings. The Morgan fingerprint density at radius 3 is 1.08 bits per heavy atom. The summed E-state index contributed by atoms with van der Waals surface area (Å²) in [5, 5.41) is 9.87. The molecule has 0 unspecified atom stereocenters. The maximum atomic E-state index is 9.87. The summed E-state index contributed by atoms with van der Waals surface area (Å²) >= 11 is 0. The Kier molecular flexibility index (Phi) is 13.2. The van der Waals surface area contributed by atoms with E-state index in [-0.39, 0.29) is 26.2 Å². The van der Waals surface area contributed by atoms with Gasteiger partial charge < -0.3 is 14.6 Å². The number of hydrogen-bond acceptors (Lipinski definition) is 3. The second-order valence-electron chi connectivity index (χ2n) is 12.2. The largest absolute Gasteiger partial charge is 3.00 e. The van der Waals surface area contributed by atoms with Gasteiger partial charge in [-0.25, -0.2) is 0 Å². The second-order valence-corrected chi connectivity index (χ2v) is 12.2. The van der Waals surface area contributed by atoms with Crippen molar-refractivity contribution >= 4 is 0 Å². The van der Waals surface area contributed by atoms with Gasteiger partial charge in [0.25, 0.3) is 0 Å². The fourth-order valence-corrected chi connectivity index (χ4v) is 6.46. The number of hydrogen-bond donors (Lipinski definition) is 1. The Labute approximate surface area is 310 Å². The molecule has 0 spiro atoms. The monoisotopic (exact) mass is 719 g/mol. The molecule has 0 saturated heterocycles. The molecule has 6 aromatic carbocycles. The summed E-state index contributed by atoms with van der Waals surface area (Å²) in [4.78, 5) is 0. The molecule has 4 heteroatoms. The number of rotatable bonds is 6. The molecule has 49 heavy (non-hydrogen) atoms. The summed E-state index contributed by atoms with van der Waals surface area (Å²) in [7, 11) is 3.53. The summed E-state index contributed by atoms with van der Waals surface area (Å²) in [5.74, 6) is 1.92. The predicted molar refractivity (Wildman–Crippen MR) is 193 cm³/mol. The molecule has 8 bridgehead atoms. The minimum Gasteiger partial charge on any atom is -0.562 e. The topological polar surface area (TPSA) is 38.7 Å². The molecule has 6 aromatic rings. The third-order valence-corrected chi connectivity index (χ3v) is 8.62. The Balaban J connectivity index is 0.000000233. The first-order chi connectivity index (χ1) is 23.6. The number of benzene rings is 6. The van der Waals surface area contributed by atoms with Crippen molar-refractivity contribution in [3.05, 3.63) is 207 Å². The quantitative estimate of drug-likeness (QED) is 0.174. The van der Waals surface area contributed by atoms with Crippen molar-refractivity contribution in [3.8, 4) is 11.5 Å². The van der Waals surface area contributed by atoms with Gasteiger partial charge in [0.1, 0.15) is 11.5 Å². The van der Waals surface area contributed by atoms with Crippen molar-refractivity contribution in [3.63, 3.8) is 0 Å². The fourth-order valence-electron chi connectivity index (χ4n) is 6.46. The van der Waals surface area contributed by atoms with E-state index in [2.05, 4.69) is 84.9 Å². The van der Waals surface area contributed by atoms with Crippen molar-refractivity contribution in [2.45, 2.75) is 38.5 Å². The van der Waals surface area contributed by atoms with Crippen molar-refractivity contribution in [2.24, 2.45) is 0 Å². The van der Waals surface area contributed by atoms with Crippen LogP contribution >= 0.6 is 0 Å². The first-order valence-corrected chi connectivity index (χ1v) is 16.5. The van der Waals surface area contributed by atoms with Crippen molar-refractivity contribution in [2.75, 3.05) is 14.2 Å². The van der Waals surface area contributed by atoms with Crippen LogP contribution in [0, 0.1) is 18.2 Å². The smallest absolute Gasteiger partial charge is 0.562 e. The molecule has 7 rings (SSSR count). The Morgan fingerprint density at radius 1 is 0.469 bits per heavy atom. The molecule has 3 nitrogen and oxygen atoms in total. The summed E-state index contributed by atoms with van der Waals surface area (Å²) in [5.41, 5.74) is 11.7. The Hall–Kier alpha value is -4.24. The maximum Gasteiger partial charge on any atom is 3.00 e. The third kappa shape index (κ3) is 9.91. The van der Waals surface area contributed by atoms with Gasteiger partial charge in [-0.1, -0.05) is 108 Å². The Bertz CT molecular complexity index is 1700. The summed E-state index contributed by atoms with van der Waals surface area (Å²) in [6.07, 6.45) is 4.91. The SMILES string of the molecule is COc1c2cccc1Cc1[c-]c(ccc1)Cc1cccc(c1OC)Cc1[c-]c(ccc1)C2.O[C-](Cc1ccccc1)Cc1ccccc1.[Zr+3]. The fraction of sp³-hybridized carbons (Fsp3) is 0.178.